The lowest BCUT2D eigenvalue weighted by molar-refractivity contribution is -0.121. The largest absolute Gasteiger partial charge is 0.350 e. The van der Waals surface area contributed by atoms with Crippen molar-refractivity contribution in [3.63, 3.8) is 0 Å². The van der Waals surface area contributed by atoms with E-state index in [0.717, 1.165) is 15.6 Å². The summed E-state index contributed by atoms with van der Waals surface area (Å²) in [5.41, 5.74) is 6.39. The Morgan fingerprint density at radius 1 is 1.26 bits per heavy atom. The van der Waals surface area contributed by atoms with Gasteiger partial charge < -0.3 is 11.1 Å². The van der Waals surface area contributed by atoms with Crippen LogP contribution in [0.25, 0.3) is 10.6 Å². The molecule has 0 aliphatic carbocycles. The van der Waals surface area contributed by atoms with Gasteiger partial charge in [0.15, 0.2) is 0 Å². The number of aromatic nitrogens is 2. The van der Waals surface area contributed by atoms with Gasteiger partial charge in [-0.2, -0.15) is 0 Å². The van der Waals surface area contributed by atoms with Gasteiger partial charge in [0.25, 0.3) is 0 Å². The van der Waals surface area contributed by atoms with Gasteiger partial charge in [-0.25, -0.2) is 0 Å². The van der Waals surface area contributed by atoms with Gasteiger partial charge in [0, 0.05) is 12.0 Å². The third-order valence-corrected chi connectivity index (χ3v) is 3.50. The predicted molar refractivity (Wildman–Crippen MR) is 75.5 cm³/mol. The fourth-order valence-corrected chi connectivity index (χ4v) is 2.33. The number of carbonyl (C=O) groups excluding carboxylic acids is 1. The molecule has 5 nitrogen and oxygen atoms in total. The SMILES string of the molecule is NCCCC(=O)NCc1nnc(-c2ccccc2)s1. The normalized spacial score (nSPS) is 10.4. The summed E-state index contributed by atoms with van der Waals surface area (Å²) in [6.07, 6.45) is 1.16. The van der Waals surface area contributed by atoms with Crippen LogP contribution in [0.15, 0.2) is 30.3 Å². The molecule has 6 heteroatoms. The Balaban J connectivity index is 1.90. The van der Waals surface area contributed by atoms with Gasteiger partial charge in [0.05, 0.1) is 6.54 Å². The van der Waals surface area contributed by atoms with Crippen LogP contribution in [0.3, 0.4) is 0 Å². The zero-order valence-corrected chi connectivity index (χ0v) is 11.3. The lowest BCUT2D eigenvalue weighted by atomic mass is 10.2. The van der Waals surface area contributed by atoms with E-state index in [2.05, 4.69) is 15.5 Å². The molecule has 0 aliphatic heterocycles. The third-order valence-electron chi connectivity index (χ3n) is 2.53. The summed E-state index contributed by atoms with van der Waals surface area (Å²) < 4.78 is 0. The average Bonchev–Trinajstić information content (AvgIpc) is 2.93. The summed E-state index contributed by atoms with van der Waals surface area (Å²) in [6, 6.07) is 9.87. The van der Waals surface area contributed by atoms with Crippen LogP contribution in [0, 0.1) is 0 Å². The molecule has 1 heterocycles. The van der Waals surface area contributed by atoms with E-state index >= 15 is 0 Å². The van der Waals surface area contributed by atoms with E-state index in [1.807, 2.05) is 30.3 Å². The van der Waals surface area contributed by atoms with Gasteiger partial charge in [0.2, 0.25) is 5.91 Å². The molecule has 1 aromatic carbocycles. The fourth-order valence-electron chi connectivity index (χ4n) is 1.55. The number of nitrogens with one attached hydrogen (secondary N) is 1. The van der Waals surface area contributed by atoms with Gasteiger partial charge in [-0.05, 0) is 13.0 Å². The smallest absolute Gasteiger partial charge is 0.220 e. The Bertz CT molecular complexity index is 526. The van der Waals surface area contributed by atoms with Crippen molar-refractivity contribution in [2.75, 3.05) is 6.54 Å². The summed E-state index contributed by atoms with van der Waals surface area (Å²) >= 11 is 1.49. The van der Waals surface area contributed by atoms with Crippen molar-refractivity contribution in [2.24, 2.45) is 5.73 Å². The van der Waals surface area contributed by atoms with Crippen LogP contribution in [0.1, 0.15) is 17.8 Å². The van der Waals surface area contributed by atoms with Crippen LogP contribution in [-0.2, 0) is 11.3 Å². The minimum atomic E-state index is 0.00177. The monoisotopic (exact) mass is 276 g/mol. The number of nitrogens with two attached hydrogens (primary N) is 1. The molecule has 0 saturated carbocycles. The second-order valence-electron chi connectivity index (χ2n) is 4.04. The Hall–Kier alpha value is -1.79. The molecule has 0 radical (unpaired) electrons. The van der Waals surface area contributed by atoms with Gasteiger partial charge in [0.1, 0.15) is 10.0 Å². The molecule has 2 rings (SSSR count). The zero-order chi connectivity index (χ0) is 13.5. The van der Waals surface area contributed by atoms with E-state index in [-0.39, 0.29) is 5.91 Å². The zero-order valence-electron chi connectivity index (χ0n) is 10.5. The van der Waals surface area contributed by atoms with Crippen LogP contribution >= 0.6 is 11.3 Å². The fraction of sp³-hybridized carbons (Fsp3) is 0.308. The van der Waals surface area contributed by atoms with Gasteiger partial charge >= 0.3 is 0 Å². The van der Waals surface area contributed by atoms with Crippen molar-refractivity contribution in [1.82, 2.24) is 15.5 Å². The lowest BCUT2D eigenvalue weighted by Crippen LogP contribution is -2.23. The molecule has 19 heavy (non-hydrogen) atoms. The quantitative estimate of drug-likeness (QED) is 0.839. The van der Waals surface area contributed by atoms with E-state index in [4.69, 9.17) is 5.73 Å². The second-order valence-corrected chi connectivity index (χ2v) is 5.10. The number of amides is 1. The van der Waals surface area contributed by atoms with Gasteiger partial charge in [-0.1, -0.05) is 41.7 Å². The van der Waals surface area contributed by atoms with Crippen molar-refractivity contribution in [1.29, 1.82) is 0 Å². The first-order chi connectivity index (χ1) is 9.29. The highest BCUT2D eigenvalue weighted by Gasteiger charge is 2.07. The van der Waals surface area contributed by atoms with E-state index in [1.165, 1.54) is 11.3 Å². The van der Waals surface area contributed by atoms with Crippen molar-refractivity contribution in [2.45, 2.75) is 19.4 Å². The van der Waals surface area contributed by atoms with Crippen molar-refractivity contribution < 1.29 is 4.79 Å². The van der Waals surface area contributed by atoms with E-state index in [1.54, 1.807) is 0 Å². The van der Waals surface area contributed by atoms with E-state index in [9.17, 15) is 4.79 Å². The number of hydrogen-bond donors (Lipinski definition) is 2. The maximum Gasteiger partial charge on any atom is 0.220 e. The Morgan fingerprint density at radius 3 is 2.79 bits per heavy atom. The number of carbonyl (C=O) groups is 1. The van der Waals surface area contributed by atoms with E-state index < -0.39 is 0 Å². The Kier molecular flexibility index (Phi) is 5.00. The molecule has 1 amide bonds. The number of rotatable bonds is 6. The summed E-state index contributed by atoms with van der Waals surface area (Å²) in [5, 5.41) is 12.7. The van der Waals surface area contributed by atoms with Crippen LogP contribution in [0.5, 0.6) is 0 Å². The summed E-state index contributed by atoms with van der Waals surface area (Å²) in [7, 11) is 0. The molecule has 0 bridgehead atoms. The van der Waals surface area contributed by atoms with Crippen molar-refractivity contribution >= 4 is 17.2 Å². The highest BCUT2D eigenvalue weighted by Crippen LogP contribution is 2.22. The first kappa shape index (κ1) is 13.6. The predicted octanol–water partition coefficient (Wildman–Crippen LogP) is 1.56. The van der Waals surface area contributed by atoms with Crippen LogP contribution in [0.4, 0.5) is 0 Å². The van der Waals surface area contributed by atoms with Gasteiger partial charge in [-0.15, -0.1) is 10.2 Å². The number of nitrogens with zero attached hydrogens (tertiary/aromatic N) is 2. The molecule has 0 atom stereocenters. The maximum atomic E-state index is 11.4. The number of hydrogen-bond acceptors (Lipinski definition) is 5. The molecular weight excluding hydrogens is 260 g/mol. The molecular formula is C13H16N4OS. The second kappa shape index (κ2) is 6.96. The summed E-state index contributed by atoms with van der Waals surface area (Å²) in [4.78, 5) is 11.4. The molecule has 0 saturated heterocycles. The van der Waals surface area contributed by atoms with Crippen LogP contribution in [-0.4, -0.2) is 22.6 Å². The standard InChI is InChI=1S/C13H16N4OS/c14-8-4-7-11(18)15-9-12-16-17-13(19-12)10-5-2-1-3-6-10/h1-3,5-6H,4,7-9,14H2,(H,15,18). The average molecular weight is 276 g/mol. The van der Waals surface area contributed by atoms with Crippen LogP contribution in [0.2, 0.25) is 0 Å². The summed E-state index contributed by atoms with van der Waals surface area (Å²) in [5.74, 6) is 0.00177. The summed E-state index contributed by atoms with van der Waals surface area (Å²) in [6.45, 7) is 0.957. The molecule has 0 unspecified atom stereocenters. The molecule has 100 valence electrons. The highest BCUT2D eigenvalue weighted by atomic mass is 32.1. The molecule has 3 N–H and O–H groups in total. The minimum absolute atomic E-state index is 0.00177. The minimum Gasteiger partial charge on any atom is -0.350 e. The number of benzene rings is 1. The van der Waals surface area contributed by atoms with Crippen LogP contribution < -0.4 is 11.1 Å². The Labute approximate surface area is 115 Å². The highest BCUT2D eigenvalue weighted by molar-refractivity contribution is 7.14. The molecule has 0 spiro atoms. The van der Waals surface area contributed by atoms with Gasteiger partial charge in [-0.3, -0.25) is 4.79 Å². The van der Waals surface area contributed by atoms with Crippen molar-refractivity contribution in [3.8, 4) is 10.6 Å². The molecule has 1 aromatic heterocycles. The van der Waals surface area contributed by atoms with E-state index in [0.29, 0.717) is 25.9 Å². The molecule has 2 aromatic rings. The van der Waals surface area contributed by atoms with Crippen molar-refractivity contribution in [3.05, 3.63) is 35.3 Å². The molecule has 0 fully saturated rings. The third kappa shape index (κ3) is 4.11. The maximum absolute atomic E-state index is 11.4. The molecule has 0 aliphatic rings. The topological polar surface area (TPSA) is 80.9 Å². The first-order valence-electron chi connectivity index (χ1n) is 6.14. The first-order valence-corrected chi connectivity index (χ1v) is 6.96. The lowest BCUT2D eigenvalue weighted by Gasteiger charge is -2.00. The Morgan fingerprint density at radius 2 is 2.05 bits per heavy atom.